The van der Waals surface area contributed by atoms with Crippen LogP contribution in [0.25, 0.3) is 11.0 Å². The van der Waals surface area contributed by atoms with Gasteiger partial charge >= 0.3 is 0 Å². The van der Waals surface area contributed by atoms with Crippen LogP contribution in [0.4, 0.5) is 0 Å². The number of benzene rings is 2. The van der Waals surface area contributed by atoms with E-state index in [-0.39, 0.29) is 30.0 Å². The summed E-state index contributed by atoms with van der Waals surface area (Å²) in [4.78, 5) is 14.2. The zero-order chi connectivity index (χ0) is 24.4. The van der Waals surface area contributed by atoms with Gasteiger partial charge in [-0.2, -0.15) is 0 Å². The molecule has 34 heavy (non-hydrogen) atoms. The maximum atomic E-state index is 12.9. The smallest absolute Gasteiger partial charge is 0.235 e. The number of ether oxygens (including phenoxy) is 3. The van der Waals surface area contributed by atoms with E-state index in [1.54, 1.807) is 30.3 Å². The molecule has 8 heteroatoms. The number of rotatable bonds is 7. The molecule has 1 unspecified atom stereocenters. The highest BCUT2D eigenvalue weighted by Crippen LogP contribution is 2.29. The van der Waals surface area contributed by atoms with Crippen LogP contribution in [0.5, 0.6) is 17.2 Å². The lowest BCUT2D eigenvalue weighted by molar-refractivity contribution is -0.918. The van der Waals surface area contributed by atoms with Crippen molar-refractivity contribution in [2.45, 2.75) is 46.0 Å². The Morgan fingerprint density at radius 3 is 2.47 bits per heavy atom. The molecule has 1 fully saturated rings. The van der Waals surface area contributed by atoms with E-state index in [1.165, 1.54) is 11.2 Å². The molecule has 2 aromatic carbocycles. The van der Waals surface area contributed by atoms with Gasteiger partial charge in [0.15, 0.2) is 0 Å². The van der Waals surface area contributed by atoms with Gasteiger partial charge < -0.3 is 28.6 Å². The summed E-state index contributed by atoms with van der Waals surface area (Å²) in [5.41, 5.74) is 1.83. The largest absolute Gasteiger partial charge is 0.491 e. The molecule has 0 bridgehead atoms. The van der Waals surface area contributed by atoms with Gasteiger partial charge in [-0.15, -0.1) is 0 Å². The van der Waals surface area contributed by atoms with E-state index in [0.29, 0.717) is 34.0 Å². The van der Waals surface area contributed by atoms with Gasteiger partial charge in [0.25, 0.3) is 0 Å². The molecule has 0 amide bonds. The molecule has 3 aromatic rings. The Balaban J connectivity index is 1.42. The molecule has 0 saturated carbocycles. The molecule has 182 valence electrons. The number of aliphatic hydroxyl groups excluding tert-OH is 1. The number of hydrogen-bond acceptors (Lipinski definition) is 6. The van der Waals surface area contributed by atoms with Crippen LogP contribution in [0.3, 0.4) is 0 Å². The molecular weight excluding hydrogens is 458 g/mol. The molecular formula is C26H31ClNO6+. The lowest BCUT2D eigenvalue weighted by Crippen LogP contribution is -3.16. The number of fused-ring (bicyclic) bond motifs is 1. The predicted octanol–water partition coefficient (Wildman–Crippen LogP) is 3.29. The van der Waals surface area contributed by atoms with Crippen molar-refractivity contribution >= 4 is 22.6 Å². The summed E-state index contributed by atoms with van der Waals surface area (Å²) in [6.45, 7) is 10.3. The van der Waals surface area contributed by atoms with Crippen LogP contribution in [-0.4, -0.2) is 49.7 Å². The molecule has 0 spiro atoms. The van der Waals surface area contributed by atoms with E-state index < -0.39 is 6.10 Å². The van der Waals surface area contributed by atoms with E-state index >= 15 is 0 Å². The first-order valence-electron chi connectivity index (χ1n) is 11.5. The standard InChI is InChI=1S/C26H30ClNO6/c1-15-7-21(8-16(2)25(15)27)34-24-14-32-23-9-20(5-6-22(23)26(24)30)31-13-19(29)12-28-10-17(3)33-18(4)11-28/h5-9,14,17-19,29H,10-13H2,1-4H3/p+1/t17-,18+,19-/m1/s1. The Labute approximate surface area is 203 Å². The number of morpholine rings is 1. The number of nitrogens with one attached hydrogen (secondary N) is 1. The lowest BCUT2D eigenvalue weighted by atomic mass is 10.1. The molecule has 1 saturated heterocycles. The number of aliphatic hydroxyl groups is 1. The van der Waals surface area contributed by atoms with E-state index in [1.807, 2.05) is 13.8 Å². The minimum Gasteiger partial charge on any atom is -0.491 e. The van der Waals surface area contributed by atoms with Crippen LogP contribution in [0.15, 0.2) is 45.8 Å². The molecule has 0 aliphatic carbocycles. The fourth-order valence-corrected chi connectivity index (χ4v) is 4.59. The van der Waals surface area contributed by atoms with Crippen molar-refractivity contribution in [3.8, 4) is 17.2 Å². The highest BCUT2D eigenvalue weighted by Gasteiger charge is 2.27. The van der Waals surface area contributed by atoms with Crippen molar-refractivity contribution < 1.29 is 28.6 Å². The minimum absolute atomic E-state index is 0.0923. The van der Waals surface area contributed by atoms with Gasteiger partial charge in [0.05, 0.1) is 5.39 Å². The fourth-order valence-electron chi connectivity index (χ4n) is 4.48. The average Bonchev–Trinajstić information content (AvgIpc) is 2.77. The van der Waals surface area contributed by atoms with Gasteiger partial charge in [0.2, 0.25) is 11.2 Å². The first kappa shape index (κ1) is 24.5. The van der Waals surface area contributed by atoms with Crippen molar-refractivity contribution in [3.05, 3.63) is 63.0 Å². The van der Waals surface area contributed by atoms with Gasteiger partial charge in [-0.1, -0.05) is 11.6 Å². The molecule has 7 nitrogen and oxygen atoms in total. The van der Waals surface area contributed by atoms with Crippen LogP contribution in [-0.2, 0) is 4.74 Å². The van der Waals surface area contributed by atoms with E-state index in [9.17, 15) is 9.90 Å². The van der Waals surface area contributed by atoms with Crippen molar-refractivity contribution in [1.29, 1.82) is 0 Å². The minimum atomic E-state index is -0.614. The maximum absolute atomic E-state index is 12.9. The maximum Gasteiger partial charge on any atom is 0.235 e. The van der Waals surface area contributed by atoms with Gasteiger partial charge in [-0.05, 0) is 63.1 Å². The summed E-state index contributed by atoms with van der Waals surface area (Å²) in [6, 6.07) is 8.54. The third-order valence-corrected chi connectivity index (χ3v) is 6.53. The Morgan fingerprint density at radius 1 is 1.12 bits per heavy atom. The Morgan fingerprint density at radius 2 is 1.79 bits per heavy atom. The summed E-state index contributed by atoms with van der Waals surface area (Å²) in [7, 11) is 0. The zero-order valence-corrected chi connectivity index (χ0v) is 20.6. The van der Waals surface area contributed by atoms with Crippen LogP contribution in [0.1, 0.15) is 25.0 Å². The fraction of sp³-hybridized carbons (Fsp3) is 0.423. The Kier molecular flexibility index (Phi) is 7.48. The van der Waals surface area contributed by atoms with E-state index in [2.05, 4.69) is 13.8 Å². The number of quaternary nitrogens is 1. The molecule has 2 heterocycles. The molecule has 0 radical (unpaired) electrons. The Hall–Kier alpha value is -2.58. The summed E-state index contributed by atoms with van der Waals surface area (Å²) in [5.74, 6) is 1.13. The molecule has 1 aromatic heterocycles. The normalized spacial score (nSPS) is 21.4. The second-order valence-electron chi connectivity index (χ2n) is 9.14. The lowest BCUT2D eigenvalue weighted by Gasteiger charge is -2.33. The zero-order valence-electron chi connectivity index (χ0n) is 19.9. The van der Waals surface area contributed by atoms with Crippen molar-refractivity contribution in [2.24, 2.45) is 0 Å². The third-order valence-electron chi connectivity index (χ3n) is 5.94. The first-order valence-corrected chi connectivity index (χ1v) is 11.9. The monoisotopic (exact) mass is 488 g/mol. The van der Waals surface area contributed by atoms with E-state index in [0.717, 1.165) is 24.2 Å². The number of hydrogen-bond donors (Lipinski definition) is 2. The highest BCUT2D eigenvalue weighted by molar-refractivity contribution is 6.32. The SMILES string of the molecule is Cc1cc(Oc2coc3cc(OC[C@H](O)C[NH+]4C[C@@H](C)O[C@@H](C)C4)ccc3c2=O)cc(C)c1Cl. The molecule has 2 N–H and O–H groups in total. The number of aryl methyl sites for hydroxylation is 2. The van der Waals surface area contributed by atoms with Gasteiger partial charge in [0, 0.05) is 11.1 Å². The first-order chi connectivity index (χ1) is 16.2. The summed E-state index contributed by atoms with van der Waals surface area (Å²) >= 11 is 6.21. The molecule has 4 rings (SSSR count). The van der Waals surface area contributed by atoms with E-state index in [4.69, 9.17) is 30.2 Å². The van der Waals surface area contributed by atoms with Crippen LogP contribution in [0, 0.1) is 13.8 Å². The summed E-state index contributed by atoms with van der Waals surface area (Å²) in [5, 5.41) is 11.5. The second-order valence-corrected chi connectivity index (χ2v) is 9.52. The van der Waals surface area contributed by atoms with Gasteiger partial charge in [-0.25, -0.2) is 0 Å². The van der Waals surface area contributed by atoms with Gasteiger partial charge in [-0.3, -0.25) is 4.79 Å². The number of halogens is 1. The molecule has 1 aliphatic rings. The summed E-state index contributed by atoms with van der Waals surface area (Å²) in [6.07, 6.45) is 1.04. The average molecular weight is 489 g/mol. The van der Waals surface area contributed by atoms with Crippen molar-refractivity contribution in [2.75, 3.05) is 26.2 Å². The third kappa shape index (κ3) is 5.73. The molecule has 4 atom stereocenters. The van der Waals surface area contributed by atoms with Crippen LogP contribution >= 0.6 is 11.6 Å². The van der Waals surface area contributed by atoms with Crippen molar-refractivity contribution in [3.63, 3.8) is 0 Å². The van der Waals surface area contributed by atoms with Gasteiger partial charge in [0.1, 0.15) is 67.9 Å². The Bertz CT molecular complexity index is 1190. The summed E-state index contributed by atoms with van der Waals surface area (Å²) < 4.78 is 23.0. The molecule has 1 aliphatic heterocycles. The topological polar surface area (TPSA) is 82.6 Å². The predicted molar refractivity (Wildman–Crippen MR) is 131 cm³/mol. The second kappa shape index (κ2) is 10.4. The highest BCUT2D eigenvalue weighted by atomic mass is 35.5. The van der Waals surface area contributed by atoms with Crippen molar-refractivity contribution in [1.82, 2.24) is 0 Å². The van der Waals surface area contributed by atoms with Crippen LogP contribution in [0.2, 0.25) is 5.02 Å². The quantitative estimate of drug-likeness (QED) is 0.531. The van der Waals surface area contributed by atoms with Crippen LogP contribution < -0.4 is 19.8 Å².